The zero-order valence-corrected chi connectivity index (χ0v) is 12.5. The molecule has 0 amide bonds. The highest BCUT2D eigenvalue weighted by Gasteiger charge is 2.17. The molecule has 0 atom stereocenters. The summed E-state index contributed by atoms with van der Waals surface area (Å²) >= 11 is 0. The van der Waals surface area contributed by atoms with Crippen LogP contribution in [0.3, 0.4) is 0 Å². The summed E-state index contributed by atoms with van der Waals surface area (Å²) in [6, 6.07) is 5.60. The summed E-state index contributed by atoms with van der Waals surface area (Å²) in [5.41, 5.74) is 7.41. The van der Waals surface area contributed by atoms with Gasteiger partial charge in [-0.2, -0.15) is 0 Å². The molecule has 0 aliphatic heterocycles. The number of hydrogen-bond donors (Lipinski definition) is 1. The largest absolute Gasteiger partial charge is 0.367 e. The van der Waals surface area contributed by atoms with Crippen molar-refractivity contribution in [1.29, 1.82) is 0 Å². The zero-order chi connectivity index (χ0) is 14.3. The molecule has 0 radical (unpaired) electrons. The molecule has 108 valence electrons. The summed E-state index contributed by atoms with van der Waals surface area (Å²) in [6.07, 6.45) is 4.19. The molecule has 1 aromatic rings. The molecule has 0 aromatic heterocycles. The second kappa shape index (κ2) is 8.16. The van der Waals surface area contributed by atoms with E-state index in [1.165, 1.54) is 12.8 Å². The van der Waals surface area contributed by atoms with E-state index in [1.54, 1.807) is 12.1 Å². The van der Waals surface area contributed by atoms with Crippen molar-refractivity contribution in [2.75, 3.05) is 18.0 Å². The molecule has 3 heteroatoms. The molecule has 0 spiro atoms. The predicted molar refractivity (Wildman–Crippen MR) is 81.2 cm³/mol. The summed E-state index contributed by atoms with van der Waals surface area (Å²) in [5, 5.41) is 0. The highest BCUT2D eigenvalue weighted by Crippen LogP contribution is 2.27. The Kier molecular flexibility index (Phi) is 6.85. The van der Waals surface area contributed by atoms with Crippen molar-refractivity contribution in [1.82, 2.24) is 0 Å². The minimum Gasteiger partial charge on any atom is -0.367 e. The average molecular weight is 266 g/mol. The van der Waals surface area contributed by atoms with Gasteiger partial charge >= 0.3 is 0 Å². The lowest BCUT2D eigenvalue weighted by atomic mass is 10.1. The van der Waals surface area contributed by atoms with E-state index in [0.717, 1.165) is 30.6 Å². The lowest BCUT2D eigenvalue weighted by molar-refractivity contribution is 0.580. The lowest BCUT2D eigenvalue weighted by Gasteiger charge is -2.31. The van der Waals surface area contributed by atoms with Crippen LogP contribution in [0, 0.1) is 5.82 Å². The highest BCUT2D eigenvalue weighted by molar-refractivity contribution is 5.55. The SMILES string of the molecule is CCCCCN(c1c(F)cccc1CCN)C(C)C. The maximum atomic E-state index is 14.2. The molecule has 19 heavy (non-hydrogen) atoms. The Morgan fingerprint density at radius 3 is 2.58 bits per heavy atom. The third kappa shape index (κ3) is 4.50. The van der Waals surface area contributed by atoms with Crippen LogP contribution in [0.15, 0.2) is 18.2 Å². The van der Waals surface area contributed by atoms with Crippen molar-refractivity contribution in [2.24, 2.45) is 5.73 Å². The van der Waals surface area contributed by atoms with Crippen LogP contribution in [0.1, 0.15) is 45.6 Å². The molecule has 0 aliphatic carbocycles. The fourth-order valence-electron chi connectivity index (χ4n) is 2.40. The van der Waals surface area contributed by atoms with Crippen LogP contribution in [0.4, 0.5) is 10.1 Å². The Hall–Kier alpha value is -1.09. The molecule has 2 N–H and O–H groups in total. The lowest BCUT2D eigenvalue weighted by Crippen LogP contribution is -2.33. The fourth-order valence-corrected chi connectivity index (χ4v) is 2.40. The van der Waals surface area contributed by atoms with Gasteiger partial charge in [0, 0.05) is 12.6 Å². The second-order valence-electron chi connectivity index (χ2n) is 5.28. The van der Waals surface area contributed by atoms with Crippen molar-refractivity contribution in [2.45, 2.75) is 52.5 Å². The second-order valence-corrected chi connectivity index (χ2v) is 5.28. The number of nitrogens with zero attached hydrogens (tertiary/aromatic N) is 1. The van der Waals surface area contributed by atoms with E-state index in [4.69, 9.17) is 5.73 Å². The summed E-state index contributed by atoms with van der Waals surface area (Å²) in [7, 11) is 0. The first kappa shape index (κ1) is 16.0. The van der Waals surface area contributed by atoms with E-state index in [0.29, 0.717) is 12.6 Å². The van der Waals surface area contributed by atoms with E-state index in [2.05, 4.69) is 25.7 Å². The topological polar surface area (TPSA) is 29.3 Å². The Morgan fingerprint density at radius 2 is 2.00 bits per heavy atom. The van der Waals surface area contributed by atoms with Gasteiger partial charge in [-0.15, -0.1) is 0 Å². The van der Waals surface area contributed by atoms with Crippen molar-refractivity contribution in [3.63, 3.8) is 0 Å². The van der Waals surface area contributed by atoms with Gasteiger partial charge < -0.3 is 10.6 Å². The molecule has 0 bridgehead atoms. The molecule has 1 rings (SSSR count). The van der Waals surface area contributed by atoms with Gasteiger partial charge in [-0.05, 0) is 44.9 Å². The van der Waals surface area contributed by atoms with Crippen LogP contribution >= 0.6 is 0 Å². The zero-order valence-electron chi connectivity index (χ0n) is 12.5. The van der Waals surface area contributed by atoms with Crippen molar-refractivity contribution in [3.05, 3.63) is 29.6 Å². The smallest absolute Gasteiger partial charge is 0.146 e. The van der Waals surface area contributed by atoms with Crippen molar-refractivity contribution in [3.8, 4) is 0 Å². The number of anilines is 1. The minimum atomic E-state index is -0.129. The Balaban J connectivity index is 2.99. The van der Waals surface area contributed by atoms with E-state index in [1.807, 2.05) is 6.07 Å². The van der Waals surface area contributed by atoms with Gasteiger partial charge in [0.05, 0.1) is 5.69 Å². The summed E-state index contributed by atoms with van der Waals surface area (Å²) in [5.74, 6) is -0.129. The highest BCUT2D eigenvalue weighted by atomic mass is 19.1. The molecule has 0 unspecified atom stereocenters. The van der Waals surface area contributed by atoms with Crippen LogP contribution in [0.2, 0.25) is 0 Å². The van der Waals surface area contributed by atoms with Crippen LogP contribution in [0.25, 0.3) is 0 Å². The molecule has 0 aliphatic rings. The van der Waals surface area contributed by atoms with Crippen LogP contribution in [-0.2, 0) is 6.42 Å². The van der Waals surface area contributed by atoms with Crippen LogP contribution in [-0.4, -0.2) is 19.1 Å². The Morgan fingerprint density at radius 1 is 1.26 bits per heavy atom. The Labute approximate surface area is 116 Å². The van der Waals surface area contributed by atoms with Crippen LogP contribution in [0.5, 0.6) is 0 Å². The van der Waals surface area contributed by atoms with Crippen LogP contribution < -0.4 is 10.6 Å². The third-order valence-corrected chi connectivity index (χ3v) is 3.40. The molecule has 1 aromatic carbocycles. The predicted octanol–water partition coefficient (Wildman–Crippen LogP) is 3.73. The number of rotatable bonds is 8. The van der Waals surface area contributed by atoms with E-state index < -0.39 is 0 Å². The number of hydrogen-bond acceptors (Lipinski definition) is 2. The molecular weight excluding hydrogens is 239 g/mol. The molecule has 0 saturated carbocycles. The maximum absolute atomic E-state index is 14.2. The number of nitrogens with two attached hydrogens (primary N) is 1. The van der Waals surface area contributed by atoms with Gasteiger partial charge in [0.25, 0.3) is 0 Å². The quantitative estimate of drug-likeness (QED) is 0.726. The molecule has 0 heterocycles. The van der Waals surface area contributed by atoms with Gasteiger partial charge in [0.1, 0.15) is 5.82 Å². The van der Waals surface area contributed by atoms with Crippen molar-refractivity contribution >= 4 is 5.69 Å². The standard InChI is InChI=1S/C16H27FN2/c1-4-5-6-12-19(13(2)3)16-14(10-11-18)8-7-9-15(16)17/h7-9,13H,4-6,10-12,18H2,1-3H3. The monoisotopic (exact) mass is 266 g/mol. The van der Waals surface area contributed by atoms with E-state index >= 15 is 0 Å². The molecule has 2 nitrogen and oxygen atoms in total. The summed E-state index contributed by atoms with van der Waals surface area (Å²) in [6.45, 7) is 7.87. The van der Waals surface area contributed by atoms with Crippen molar-refractivity contribution < 1.29 is 4.39 Å². The first-order valence-corrected chi connectivity index (χ1v) is 7.35. The molecule has 0 saturated heterocycles. The Bertz CT molecular complexity index is 377. The normalized spacial score (nSPS) is 11.1. The summed E-state index contributed by atoms with van der Waals surface area (Å²) < 4.78 is 14.2. The fraction of sp³-hybridized carbons (Fsp3) is 0.625. The maximum Gasteiger partial charge on any atom is 0.146 e. The van der Waals surface area contributed by atoms with Gasteiger partial charge in [-0.25, -0.2) is 4.39 Å². The number of halogens is 1. The van der Waals surface area contributed by atoms with E-state index in [9.17, 15) is 4.39 Å². The van der Waals surface area contributed by atoms with Gasteiger partial charge in [-0.1, -0.05) is 31.9 Å². The average Bonchev–Trinajstić information content (AvgIpc) is 2.36. The molecular formula is C16H27FN2. The third-order valence-electron chi connectivity index (χ3n) is 3.40. The number of unbranched alkanes of at least 4 members (excludes halogenated alkanes) is 2. The van der Waals surface area contributed by atoms with Gasteiger partial charge in [0.15, 0.2) is 0 Å². The van der Waals surface area contributed by atoms with E-state index in [-0.39, 0.29) is 5.82 Å². The minimum absolute atomic E-state index is 0.129. The van der Waals surface area contributed by atoms with Gasteiger partial charge in [-0.3, -0.25) is 0 Å². The molecule has 0 fully saturated rings. The first-order chi connectivity index (χ1) is 9.11. The first-order valence-electron chi connectivity index (χ1n) is 7.35. The number of para-hydroxylation sites is 1. The number of benzene rings is 1. The summed E-state index contributed by atoms with van der Waals surface area (Å²) in [4.78, 5) is 2.18. The van der Waals surface area contributed by atoms with Gasteiger partial charge in [0.2, 0.25) is 0 Å².